The number of nitrogens with zero attached hydrogens (tertiary/aromatic N) is 3. The molecule has 0 aliphatic carbocycles. The minimum atomic E-state index is 0.129. The predicted molar refractivity (Wildman–Crippen MR) is 86.7 cm³/mol. The van der Waals surface area contributed by atoms with Crippen LogP contribution in [0.4, 0.5) is 0 Å². The van der Waals surface area contributed by atoms with Gasteiger partial charge in [-0.3, -0.25) is 0 Å². The lowest BCUT2D eigenvalue weighted by Gasteiger charge is -2.26. The van der Waals surface area contributed by atoms with E-state index in [2.05, 4.69) is 59.9 Å². The third kappa shape index (κ3) is 2.84. The fraction of sp³-hybridized carbons (Fsp3) is 0.375. The van der Waals surface area contributed by atoms with E-state index < -0.39 is 0 Å². The van der Waals surface area contributed by atoms with Gasteiger partial charge in [-0.15, -0.1) is 11.3 Å². The monoisotopic (exact) mass is 300 g/mol. The Hall–Kier alpha value is -1.72. The maximum absolute atomic E-state index is 4.30. The van der Waals surface area contributed by atoms with E-state index in [0.717, 1.165) is 12.1 Å². The summed E-state index contributed by atoms with van der Waals surface area (Å²) in [5.41, 5.74) is 2.38. The zero-order chi connectivity index (χ0) is 14.9. The Balaban J connectivity index is 1.73. The van der Waals surface area contributed by atoms with Crippen molar-refractivity contribution in [1.82, 2.24) is 20.1 Å². The lowest BCUT2D eigenvalue weighted by molar-refractivity contribution is 0.442. The van der Waals surface area contributed by atoms with E-state index >= 15 is 0 Å². The first-order valence-electron chi connectivity index (χ1n) is 7.14. The van der Waals surface area contributed by atoms with Crippen molar-refractivity contribution in [2.45, 2.75) is 32.2 Å². The molecular formula is C16H20N4S. The number of thiophene rings is 1. The SMILES string of the molecule is CC(NCC(C)(C)c1cccs1)c1cnn2ncccc12. The zero-order valence-electron chi connectivity index (χ0n) is 12.6. The van der Waals surface area contributed by atoms with E-state index in [-0.39, 0.29) is 11.5 Å². The minimum Gasteiger partial charge on any atom is -0.309 e. The maximum Gasteiger partial charge on any atom is 0.0920 e. The van der Waals surface area contributed by atoms with Crippen LogP contribution in [0.25, 0.3) is 5.52 Å². The minimum absolute atomic E-state index is 0.129. The quantitative estimate of drug-likeness (QED) is 0.785. The second kappa shape index (κ2) is 5.58. The van der Waals surface area contributed by atoms with Crippen LogP contribution < -0.4 is 5.32 Å². The van der Waals surface area contributed by atoms with Crippen LogP contribution in [0.3, 0.4) is 0 Å². The Bertz CT molecular complexity index is 715. The lowest BCUT2D eigenvalue weighted by atomic mass is 9.91. The van der Waals surface area contributed by atoms with Crippen molar-refractivity contribution in [3.63, 3.8) is 0 Å². The molecule has 0 saturated heterocycles. The molecule has 0 saturated carbocycles. The maximum atomic E-state index is 4.30. The Kier molecular flexibility index (Phi) is 3.78. The van der Waals surface area contributed by atoms with Crippen LogP contribution in [0.1, 0.15) is 37.3 Å². The normalized spacial score (nSPS) is 13.7. The summed E-state index contributed by atoms with van der Waals surface area (Å²) in [4.78, 5) is 1.41. The summed E-state index contributed by atoms with van der Waals surface area (Å²) >= 11 is 1.82. The van der Waals surface area contributed by atoms with Crippen molar-refractivity contribution in [2.24, 2.45) is 0 Å². The summed E-state index contributed by atoms with van der Waals surface area (Å²) in [5.74, 6) is 0. The van der Waals surface area contributed by atoms with Gasteiger partial charge in [0.1, 0.15) is 0 Å². The molecule has 0 fully saturated rings. The van der Waals surface area contributed by atoms with Gasteiger partial charge < -0.3 is 5.32 Å². The molecule has 0 radical (unpaired) electrons. The summed E-state index contributed by atoms with van der Waals surface area (Å²) in [6.07, 6.45) is 3.65. The highest BCUT2D eigenvalue weighted by molar-refractivity contribution is 7.10. The molecule has 3 aromatic heterocycles. The summed E-state index contributed by atoms with van der Waals surface area (Å²) < 4.78 is 1.68. The Morgan fingerprint density at radius 2 is 2.14 bits per heavy atom. The number of nitrogens with one attached hydrogen (secondary N) is 1. The second-order valence-corrected chi connectivity index (χ2v) is 6.91. The van der Waals surface area contributed by atoms with Gasteiger partial charge in [-0.2, -0.15) is 14.8 Å². The van der Waals surface area contributed by atoms with E-state index in [0.29, 0.717) is 0 Å². The molecule has 0 spiro atoms. The lowest BCUT2D eigenvalue weighted by Crippen LogP contribution is -2.33. The van der Waals surface area contributed by atoms with Crippen LogP contribution in [0, 0.1) is 0 Å². The van der Waals surface area contributed by atoms with Gasteiger partial charge in [-0.1, -0.05) is 19.9 Å². The highest BCUT2D eigenvalue weighted by Gasteiger charge is 2.23. The van der Waals surface area contributed by atoms with Gasteiger partial charge in [0.15, 0.2) is 0 Å². The standard InChI is InChI=1S/C16H20N4S/c1-12(13-10-19-20-14(13)6-4-8-18-20)17-11-16(2,3)15-7-5-9-21-15/h4-10,12,17H,11H2,1-3H3. The average molecular weight is 300 g/mol. The molecule has 0 amide bonds. The first-order valence-corrected chi connectivity index (χ1v) is 8.02. The molecule has 110 valence electrons. The molecule has 3 aromatic rings. The number of fused-ring (bicyclic) bond motifs is 1. The van der Waals surface area contributed by atoms with Gasteiger partial charge in [0.05, 0.1) is 11.7 Å². The molecule has 3 heterocycles. The first-order chi connectivity index (χ1) is 10.1. The van der Waals surface area contributed by atoms with Gasteiger partial charge >= 0.3 is 0 Å². The van der Waals surface area contributed by atoms with Crippen molar-refractivity contribution in [3.8, 4) is 0 Å². The fourth-order valence-electron chi connectivity index (χ4n) is 2.45. The molecule has 1 atom stereocenters. The second-order valence-electron chi connectivity index (χ2n) is 5.96. The van der Waals surface area contributed by atoms with Crippen LogP contribution in [-0.4, -0.2) is 21.4 Å². The summed E-state index contributed by atoms with van der Waals surface area (Å²) in [6.45, 7) is 7.65. The molecular weight excluding hydrogens is 280 g/mol. The third-order valence-corrected chi connectivity index (χ3v) is 5.07. The highest BCUT2D eigenvalue weighted by atomic mass is 32.1. The van der Waals surface area contributed by atoms with Crippen molar-refractivity contribution < 1.29 is 0 Å². The molecule has 3 rings (SSSR count). The fourth-order valence-corrected chi connectivity index (χ4v) is 3.31. The summed E-state index contributed by atoms with van der Waals surface area (Å²) in [7, 11) is 0. The van der Waals surface area contributed by atoms with E-state index in [1.807, 2.05) is 23.6 Å². The van der Waals surface area contributed by atoms with Gasteiger partial charge in [-0.25, -0.2) is 0 Å². The van der Waals surface area contributed by atoms with Crippen molar-refractivity contribution in [1.29, 1.82) is 0 Å². The number of hydrogen-bond acceptors (Lipinski definition) is 4. The van der Waals surface area contributed by atoms with Crippen LogP contribution in [-0.2, 0) is 5.41 Å². The van der Waals surface area contributed by atoms with Crippen molar-refractivity contribution in [2.75, 3.05) is 6.54 Å². The predicted octanol–water partition coefficient (Wildman–Crippen LogP) is 3.42. The van der Waals surface area contributed by atoms with Crippen LogP contribution in [0.5, 0.6) is 0 Å². The Labute approximate surface area is 128 Å². The van der Waals surface area contributed by atoms with E-state index in [4.69, 9.17) is 0 Å². The zero-order valence-corrected chi connectivity index (χ0v) is 13.4. The largest absolute Gasteiger partial charge is 0.309 e. The van der Waals surface area contributed by atoms with E-state index in [9.17, 15) is 0 Å². The van der Waals surface area contributed by atoms with Crippen LogP contribution in [0.15, 0.2) is 42.0 Å². The first kappa shape index (κ1) is 14.2. The van der Waals surface area contributed by atoms with Crippen LogP contribution >= 0.6 is 11.3 Å². The Morgan fingerprint density at radius 3 is 2.90 bits per heavy atom. The molecule has 4 nitrogen and oxygen atoms in total. The van der Waals surface area contributed by atoms with Gasteiger partial charge in [0.2, 0.25) is 0 Å². The van der Waals surface area contributed by atoms with Gasteiger partial charge in [0.25, 0.3) is 0 Å². The van der Waals surface area contributed by atoms with Crippen molar-refractivity contribution in [3.05, 3.63) is 52.5 Å². The average Bonchev–Trinajstić information content (AvgIpc) is 3.14. The van der Waals surface area contributed by atoms with Gasteiger partial charge in [-0.05, 0) is 30.5 Å². The Morgan fingerprint density at radius 1 is 1.29 bits per heavy atom. The van der Waals surface area contributed by atoms with Crippen LogP contribution in [0.2, 0.25) is 0 Å². The van der Waals surface area contributed by atoms with Crippen molar-refractivity contribution >= 4 is 16.9 Å². The van der Waals surface area contributed by atoms with E-state index in [1.165, 1.54) is 10.4 Å². The molecule has 1 unspecified atom stereocenters. The molecule has 5 heteroatoms. The molecule has 0 bridgehead atoms. The third-order valence-electron chi connectivity index (χ3n) is 3.84. The summed E-state index contributed by atoms with van der Waals surface area (Å²) in [5, 5.41) is 14.3. The molecule has 21 heavy (non-hydrogen) atoms. The highest BCUT2D eigenvalue weighted by Crippen LogP contribution is 2.28. The van der Waals surface area contributed by atoms with E-state index in [1.54, 1.807) is 10.8 Å². The molecule has 1 N–H and O–H groups in total. The number of aromatic nitrogens is 3. The molecule has 0 aliphatic rings. The number of hydrogen-bond donors (Lipinski definition) is 1. The van der Waals surface area contributed by atoms with Gasteiger partial charge in [0, 0.05) is 34.6 Å². The smallest absolute Gasteiger partial charge is 0.0920 e. The molecule has 0 aliphatic heterocycles. The number of rotatable bonds is 5. The molecule has 0 aromatic carbocycles. The summed E-state index contributed by atoms with van der Waals surface area (Å²) in [6, 6.07) is 8.56. The topological polar surface area (TPSA) is 42.2 Å².